The number of aromatic nitrogens is 2. The van der Waals surface area contributed by atoms with Gasteiger partial charge in [0.05, 0.1) is 23.6 Å². The van der Waals surface area contributed by atoms with Crippen LogP contribution < -0.4 is 5.32 Å². The minimum Gasteiger partial charge on any atom is -0.358 e. The van der Waals surface area contributed by atoms with Gasteiger partial charge in [-0.1, -0.05) is 12.1 Å². The molecule has 0 spiro atoms. The van der Waals surface area contributed by atoms with Gasteiger partial charge in [-0.15, -0.1) is 0 Å². The van der Waals surface area contributed by atoms with Gasteiger partial charge >= 0.3 is 0 Å². The fourth-order valence-corrected chi connectivity index (χ4v) is 2.08. The van der Waals surface area contributed by atoms with Crippen LogP contribution in [0.2, 0.25) is 0 Å². The van der Waals surface area contributed by atoms with Crippen LogP contribution in [0, 0.1) is 6.92 Å². The molecule has 1 heterocycles. The van der Waals surface area contributed by atoms with E-state index in [1.807, 2.05) is 44.0 Å². The monoisotopic (exact) mass is 260 g/mol. The van der Waals surface area contributed by atoms with Gasteiger partial charge in [0.25, 0.3) is 0 Å². The molecule has 0 aliphatic carbocycles. The highest BCUT2D eigenvalue weighted by Gasteiger charge is 2.18. The van der Waals surface area contributed by atoms with E-state index in [-0.39, 0.29) is 11.9 Å². The molecule has 0 radical (unpaired) electrons. The van der Waals surface area contributed by atoms with E-state index in [0.717, 1.165) is 22.4 Å². The Morgan fingerprint density at radius 1 is 1.53 bits per heavy atom. The Kier molecular flexibility index (Phi) is 3.85. The number of benzene rings is 1. The number of nitrogens with one attached hydrogen (secondary N) is 2. The van der Waals surface area contributed by atoms with Gasteiger partial charge in [-0.3, -0.25) is 9.69 Å². The summed E-state index contributed by atoms with van der Waals surface area (Å²) in [5, 5.41) is 2.66. The molecule has 1 aromatic heterocycles. The SMILES string of the molecule is CNC(=O)C(C)N(C)Cc1nc2c(C)cccc2[nH]1. The second-order valence-electron chi connectivity index (χ2n) is 4.86. The summed E-state index contributed by atoms with van der Waals surface area (Å²) in [6.07, 6.45) is 0. The number of imidazole rings is 1. The number of nitrogens with zero attached hydrogens (tertiary/aromatic N) is 2. The fraction of sp³-hybridized carbons (Fsp3) is 0.429. The maximum Gasteiger partial charge on any atom is 0.236 e. The molecule has 2 N–H and O–H groups in total. The lowest BCUT2D eigenvalue weighted by molar-refractivity contribution is -0.125. The molecule has 2 aromatic rings. The molecule has 19 heavy (non-hydrogen) atoms. The van der Waals surface area contributed by atoms with Gasteiger partial charge in [-0.2, -0.15) is 0 Å². The highest BCUT2D eigenvalue weighted by Crippen LogP contribution is 2.16. The number of H-pyrrole nitrogens is 1. The third-order valence-corrected chi connectivity index (χ3v) is 3.45. The van der Waals surface area contributed by atoms with Crippen LogP contribution in [0.15, 0.2) is 18.2 Å². The van der Waals surface area contributed by atoms with Crippen molar-refractivity contribution in [2.75, 3.05) is 14.1 Å². The Morgan fingerprint density at radius 2 is 2.26 bits per heavy atom. The molecule has 1 unspecified atom stereocenters. The number of carbonyl (C=O) groups excluding carboxylic acids is 1. The molecule has 0 aliphatic rings. The maximum atomic E-state index is 11.6. The van der Waals surface area contributed by atoms with E-state index in [2.05, 4.69) is 15.3 Å². The first-order valence-corrected chi connectivity index (χ1v) is 6.39. The van der Waals surface area contributed by atoms with Gasteiger partial charge < -0.3 is 10.3 Å². The van der Waals surface area contributed by atoms with Gasteiger partial charge in [-0.05, 0) is 32.5 Å². The van der Waals surface area contributed by atoms with Crippen molar-refractivity contribution < 1.29 is 4.79 Å². The summed E-state index contributed by atoms with van der Waals surface area (Å²) in [7, 11) is 3.57. The van der Waals surface area contributed by atoms with Crippen LogP contribution in [-0.2, 0) is 11.3 Å². The molecule has 102 valence electrons. The number of hydrogen-bond acceptors (Lipinski definition) is 3. The first-order chi connectivity index (χ1) is 9.02. The summed E-state index contributed by atoms with van der Waals surface area (Å²) in [5.41, 5.74) is 3.19. The summed E-state index contributed by atoms with van der Waals surface area (Å²) >= 11 is 0. The summed E-state index contributed by atoms with van der Waals surface area (Å²) in [4.78, 5) is 21.4. The molecular weight excluding hydrogens is 240 g/mol. The molecule has 0 saturated heterocycles. The van der Waals surface area contributed by atoms with Gasteiger partial charge in [0.1, 0.15) is 5.82 Å². The molecule has 2 rings (SSSR count). The molecule has 5 nitrogen and oxygen atoms in total. The summed E-state index contributed by atoms with van der Waals surface area (Å²) in [6, 6.07) is 5.89. The molecule has 0 aliphatic heterocycles. The van der Waals surface area contributed by atoms with Crippen LogP contribution in [0.4, 0.5) is 0 Å². The van der Waals surface area contributed by atoms with Crippen molar-refractivity contribution >= 4 is 16.9 Å². The Morgan fingerprint density at radius 3 is 2.89 bits per heavy atom. The van der Waals surface area contributed by atoms with E-state index in [1.54, 1.807) is 7.05 Å². The highest BCUT2D eigenvalue weighted by atomic mass is 16.2. The number of amides is 1. The average Bonchev–Trinajstić information content (AvgIpc) is 2.80. The molecule has 0 fully saturated rings. The van der Waals surface area contributed by atoms with E-state index in [4.69, 9.17) is 0 Å². The number of rotatable bonds is 4. The summed E-state index contributed by atoms with van der Waals surface area (Å²) in [5.74, 6) is 0.886. The molecule has 1 atom stereocenters. The van der Waals surface area contributed by atoms with Crippen molar-refractivity contribution in [1.82, 2.24) is 20.2 Å². The van der Waals surface area contributed by atoms with Crippen LogP contribution in [0.5, 0.6) is 0 Å². The van der Waals surface area contributed by atoms with Gasteiger partial charge in [0.2, 0.25) is 5.91 Å². The number of hydrogen-bond donors (Lipinski definition) is 2. The lowest BCUT2D eigenvalue weighted by atomic mass is 10.2. The Labute approximate surface area is 113 Å². The van der Waals surface area contributed by atoms with Crippen LogP contribution in [0.1, 0.15) is 18.3 Å². The van der Waals surface area contributed by atoms with E-state index in [1.165, 1.54) is 0 Å². The average molecular weight is 260 g/mol. The summed E-state index contributed by atoms with van der Waals surface area (Å²) < 4.78 is 0. The molecule has 5 heteroatoms. The van der Waals surface area contributed by atoms with Crippen molar-refractivity contribution in [3.8, 4) is 0 Å². The van der Waals surface area contributed by atoms with Crippen molar-refractivity contribution in [2.45, 2.75) is 26.4 Å². The molecular formula is C14H20N4O. The number of aryl methyl sites for hydroxylation is 1. The standard InChI is InChI=1S/C14H20N4O/c1-9-6-5-7-11-13(9)17-12(16-11)8-18(4)10(2)14(19)15-3/h5-7,10H,8H2,1-4H3,(H,15,19)(H,16,17). The topological polar surface area (TPSA) is 61.0 Å². The van der Waals surface area contributed by atoms with Crippen LogP contribution in [0.25, 0.3) is 11.0 Å². The Hall–Kier alpha value is -1.88. The number of aromatic amines is 1. The predicted molar refractivity (Wildman–Crippen MR) is 75.8 cm³/mol. The minimum atomic E-state index is -0.181. The second-order valence-corrected chi connectivity index (χ2v) is 4.86. The van der Waals surface area contributed by atoms with E-state index in [9.17, 15) is 4.79 Å². The van der Waals surface area contributed by atoms with Crippen molar-refractivity contribution in [3.63, 3.8) is 0 Å². The lowest BCUT2D eigenvalue weighted by Crippen LogP contribution is -2.41. The van der Waals surface area contributed by atoms with E-state index >= 15 is 0 Å². The Balaban J connectivity index is 2.17. The zero-order chi connectivity index (χ0) is 14.0. The fourth-order valence-electron chi connectivity index (χ4n) is 2.08. The second kappa shape index (κ2) is 5.40. The van der Waals surface area contributed by atoms with Crippen molar-refractivity contribution in [1.29, 1.82) is 0 Å². The van der Waals surface area contributed by atoms with Crippen LogP contribution >= 0.6 is 0 Å². The molecule has 1 aromatic carbocycles. The number of fused-ring (bicyclic) bond motifs is 1. The maximum absolute atomic E-state index is 11.6. The number of para-hydroxylation sites is 1. The zero-order valence-corrected chi connectivity index (χ0v) is 11.8. The van der Waals surface area contributed by atoms with E-state index in [0.29, 0.717) is 6.54 Å². The Bertz CT molecular complexity index is 590. The molecule has 0 bridgehead atoms. The first kappa shape index (κ1) is 13.5. The van der Waals surface area contributed by atoms with Crippen LogP contribution in [-0.4, -0.2) is 40.9 Å². The van der Waals surface area contributed by atoms with Crippen molar-refractivity contribution in [3.05, 3.63) is 29.6 Å². The highest BCUT2D eigenvalue weighted by molar-refractivity contribution is 5.81. The zero-order valence-electron chi connectivity index (χ0n) is 11.8. The van der Waals surface area contributed by atoms with E-state index < -0.39 is 0 Å². The van der Waals surface area contributed by atoms with Gasteiger partial charge in [0.15, 0.2) is 0 Å². The summed E-state index contributed by atoms with van der Waals surface area (Å²) in [6.45, 7) is 4.54. The largest absolute Gasteiger partial charge is 0.358 e. The molecule has 0 saturated carbocycles. The smallest absolute Gasteiger partial charge is 0.236 e. The van der Waals surface area contributed by atoms with Gasteiger partial charge in [0, 0.05) is 7.05 Å². The van der Waals surface area contributed by atoms with Crippen molar-refractivity contribution in [2.24, 2.45) is 0 Å². The number of likely N-dealkylation sites (N-methyl/N-ethyl adjacent to an activating group) is 2. The normalized spacial score (nSPS) is 12.9. The van der Waals surface area contributed by atoms with Gasteiger partial charge in [-0.25, -0.2) is 4.98 Å². The third-order valence-electron chi connectivity index (χ3n) is 3.45. The molecule has 1 amide bonds. The minimum absolute atomic E-state index is 0.00907. The number of carbonyl (C=O) groups is 1. The quantitative estimate of drug-likeness (QED) is 0.874. The van der Waals surface area contributed by atoms with Crippen LogP contribution in [0.3, 0.4) is 0 Å². The third kappa shape index (κ3) is 2.76. The lowest BCUT2D eigenvalue weighted by Gasteiger charge is -2.21. The predicted octanol–water partition coefficient (Wildman–Crippen LogP) is 1.44. The first-order valence-electron chi connectivity index (χ1n) is 6.39.